The molecule has 1 heterocycles. The number of hydrogen-bond acceptors (Lipinski definition) is 2. The highest BCUT2D eigenvalue weighted by Crippen LogP contribution is 2.35. The summed E-state index contributed by atoms with van der Waals surface area (Å²) in [5.74, 6) is 0. The molecule has 1 aromatic heterocycles. The summed E-state index contributed by atoms with van der Waals surface area (Å²) >= 11 is 11.4. The molecule has 0 aliphatic carbocycles. The van der Waals surface area contributed by atoms with E-state index in [-0.39, 0.29) is 0 Å². The number of benzene rings is 1. The van der Waals surface area contributed by atoms with Crippen molar-refractivity contribution >= 4 is 38.9 Å². The minimum atomic E-state index is 0.458. The minimum absolute atomic E-state index is 0.458. The van der Waals surface area contributed by atoms with Crippen LogP contribution in [-0.2, 0) is 0 Å². The first-order valence-electron chi connectivity index (χ1n) is 6.38. The average molecular weight is 359 g/mol. The molecule has 1 N–H and O–H groups in total. The Bertz CT molecular complexity index is 553. The second kappa shape index (κ2) is 6.89. The van der Waals surface area contributed by atoms with Crippen LogP contribution in [-0.4, -0.2) is 7.05 Å². The van der Waals surface area contributed by atoms with Crippen molar-refractivity contribution in [3.05, 3.63) is 44.7 Å². The van der Waals surface area contributed by atoms with Gasteiger partial charge in [0.25, 0.3) is 0 Å². The Hall–Kier alpha value is -0.350. The van der Waals surface area contributed by atoms with E-state index in [0.29, 0.717) is 6.04 Å². The maximum absolute atomic E-state index is 6.03. The lowest BCUT2D eigenvalue weighted by molar-refractivity contribution is 0.550. The van der Waals surface area contributed by atoms with E-state index in [2.05, 4.69) is 52.4 Å². The van der Waals surface area contributed by atoms with Gasteiger partial charge >= 0.3 is 0 Å². The normalized spacial score (nSPS) is 12.6. The fraction of sp³-hybridized carbons (Fsp3) is 0.333. The molecule has 0 radical (unpaired) electrons. The predicted octanol–water partition coefficient (Wildman–Crippen LogP) is 5.89. The van der Waals surface area contributed by atoms with Crippen LogP contribution >= 0.6 is 38.9 Å². The van der Waals surface area contributed by atoms with Gasteiger partial charge in [0.15, 0.2) is 0 Å². The van der Waals surface area contributed by atoms with Crippen LogP contribution < -0.4 is 5.32 Å². The van der Waals surface area contributed by atoms with Crippen molar-refractivity contribution in [3.63, 3.8) is 0 Å². The predicted molar refractivity (Wildman–Crippen MR) is 89.2 cm³/mol. The Kier molecular flexibility index (Phi) is 5.46. The van der Waals surface area contributed by atoms with Crippen LogP contribution in [0.3, 0.4) is 0 Å². The van der Waals surface area contributed by atoms with E-state index in [1.165, 1.54) is 28.2 Å². The van der Waals surface area contributed by atoms with Crippen molar-refractivity contribution in [3.8, 4) is 10.4 Å². The number of hydrogen-bond donors (Lipinski definition) is 1. The number of nitrogens with one attached hydrogen (secondary N) is 1. The molecule has 1 nitrogen and oxygen atoms in total. The molecule has 102 valence electrons. The summed E-state index contributed by atoms with van der Waals surface area (Å²) in [6, 6.07) is 10.9. The van der Waals surface area contributed by atoms with Gasteiger partial charge in [-0.15, -0.1) is 11.3 Å². The third kappa shape index (κ3) is 3.60. The number of rotatable bonds is 5. The summed E-state index contributed by atoms with van der Waals surface area (Å²) in [4.78, 5) is 2.68. The summed E-state index contributed by atoms with van der Waals surface area (Å²) in [6.45, 7) is 2.22. The van der Waals surface area contributed by atoms with Gasteiger partial charge in [0.1, 0.15) is 0 Å². The summed E-state index contributed by atoms with van der Waals surface area (Å²) in [5, 5.41) is 4.13. The Morgan fingerprint density at radius 3 is 2.74 bits per heavy atom. The fourth-order valence-electron chi connectivity index (χ4n) is 2.06. The molecule has 0 aliphatic rings. The van der Waals surface area contributed by atoms with Crippen LogP contribution in [0.4, 0.5) is 0 Å². The van der Waals surface area contributed by atoms with Gasteiger partial charge in [0.2, 0.25) is 0 Å². The van der Waals surface area contributed by atoms with Gasteiger partial charge in [0, 0.05) is 20.3 Å². The molecule has 0 amide bonds. The zero-order chi connectivity index (χ0) is 13.8. The van der Waals surface area contributed by atoms with E-state index in [0.717, 1.165) is 9.50 Å². The van der Waals surface area contributed by atoms with Crippen LogP contribution in [0.25, 0.3) is 10.4 Å². The highest BCUT2D eigenvalue weighted by Gasteiger charge is 2.12. The Labute approximate surface area is 132 Å². The maximum Gasteiger partial charge on any atom is 0.0548 e. The summed E-state index contributed by atoms with van der Waals surface area (Å²) < 4.78 is 0.945. The lowest BCUT2D eigenvalue weighted by atomic mass is 10.1. The van der Waals surface area contributed by atoms with Crippen LogP contribution in [0.15, 0.2) is 34.8 Å². The summed E-state index contributed by atoms with van der Waals surface area (Å²) in [6.07, 6.45) is 2.35. The van der Waals surface area contributed by atoms with Crippen LogP contribution in [0.1, 0.15) is 30.7 Å². The summed E-state index contributed by atoms with van der Waals surface area (Å²) in [5.41, 5.74) is 1.21. The Balaban J connectivity index is 2.27. The minimum Gasteiger partial charge on any atom is -0.312 e. The highest BCUT2D eigenvalue weighted by molar-refractivity contribution is 9.10. The van der Waals surface area contributed by atoms with Crippen molar-refractivity contribution in [2.24, 2.45) is 0 Å². The van der Waals surface area contributed by atoms with Crippen molar-refractivity contribution in [2.45, 2.75) is 25.8 Å². The second-order valence-electron chi connectivity index (χ2n) is 4.46. The lowest BCUT2D eigenvalue weighted by Gasteiger charge is -2.12. The van der Waals surface area contributed by atoms with Crippen molar-refractivity contribution in [1.82, 2.24) is 5.32 Å². The quantitative estimate of drug-likeness (QED) is 0.702. The first-order chi connectivity index (χ1) is 9.15. The molecule has 0 saturated heterocycles. The van der Waals surface area contributed by atoms with Crippen molar-refractivity contribution in [2.75, 3.05) is 7.05 Å². The zero-order valence-electron chi connectivity index (χ0n) is 11.0. The first-order valence-corrected chi connectivity index (χ1v) is 8.37. The van der Waals surface area contributed by atoms with Gasteiger partial charge in [-0.3, -0.25) is 0 Å². The van der Waals surface area contributed by atoms with E-state index in [1.54, 1.807) is 0 Å². The molecule has 4 heteroatoms. The van der Waals surface area contributed by atoms with Crippen molar-refractivity contribution in [1.29, 1.82) is 0 Å². The van der Waals surface area contributed by atoms with Gasteiger partial charge in [-0.2, -0.15) is 0 Å². The highest BCUT2D eigenvalue weighted by atomic mass is 79.9. The standard InChI is InChI=1S/C15H17BrClNS/c1-3-4-13(18-2)15-8-7-14(19-15)10-5-6-12(17)11(16)9-10/h5-9,13,18H,3-4H2,1-2H3. The molecule has 1 atom stereocenters. The molecule has 0 saturated carbocycles. The van der Waals surface area contributed by atoms with E-state index in [1.807, 2.05) is 24.5 Å². The molecule has 19 heavy (non-hydrogen) atoms. The molecule has 0 fully saturated rings. The van der Waals surface area contributed by atoms with Crippen molar-refractivity contribution < 1.29 is 0 Å². The Morgan fingerprint density at radius 2 is 2.11 bits per heavy atom. The third-order valence-electron chi connectivity index (χ3n) is 3.10. The third-order valence-corrected chi connectivity index (χ3v) is 5.56. The van der Waals surface area contributed by atoms with E-state index in [9.17, 15) is 0 Å². The second-order valence-corrected chi connectivity index (χ2v) is 6.84. The van der Waals surface area contributed by atoms with Crippen LogP contribution in [0.2, 0.25) is 5.02 Å². The molecule has 0 spiro atoms. The van der Waals surface area contributed by atoms with Gasteiger partial charge in [-0.1, -0.05) is 31.0 Å². The van der Waals surface area contributed by atoms with Crippen LogP contribution in [0, 0.1) is 0 Å². The van der Waals surface area contributed by atoms with Gasteiger partial charge in [0.05, 0.1) is 5.02 Å². The Morgan fingerprint density at radius 1 is 1.32 bits per heavy atom. The summed E-state index contributed by atoms with van der Waals surface area (Å²) in [7, 11) is 2.03. The largest absolute Gasteiger partial charge is 0.312 e. The van der Waals surface area contributed by atoms with E-state index in [4.69, 9.17) is 11.6 Å². The molecule has 0 aliphatic heterocycles. The monoisotopic (exact) mass is 357 g/mol. The fourth-order valence-corrected chi connectivity index (χ4v) is 3.71. The zero-order valence-corrected chi connectivity index (χ0v) is 14.2. The van der Waals surface area contributed by atoms with E-state index < -0.39 is 0 Å². The van der Waals surface area contributed by atoms with Gasteiger partial charge in [-0.05, 0) is 59.2 Å². The number of thiophene rings is 1. The van der Waals surface area contributed by atoms with E-state index >= 15 is 0 Å². The molecule has 2 rings (SSSR count). The number of halogens is 2. The molecule has 1 unspecified atom stereocenters. The molecular weight excluding hydrogens is 342 g/mol. The lowest BCUT2D eigenvalue weighted by Crippen LogP contribution is -2.14. The maximum atomic E-state index is 6.03. The first kappa shape index (κ1) is 15.0. The molecule has 0 bridgehead atoms. The molecule has 1 aromatic carbocycles. The van der Waals surface area contributed by atoms with Gasteiger partial charge < -0.3 is 5.32 Å². The molecular formula is C15H17BrClNS. The van der Waals surface area contributed by atoms with Crippen LogP contribution in [0.5, 0.6) is 0 Å². The average Bonchev–Trinajstić information content (AvgIpc) is 2.88. The smallest absolute Gasteiger partial charge is 0.0548 e. The SMILES string of the molecule is CCCC(NC)c1ccc(-c2ccc(Cl)c(Br)c2)s1. The molecule has 2 aromatic rings. The topological polar surface area (TPSA) is 12.0 Å². The van der Waals surface area contributed by atoms with Gasteiger partial charge in [-0.25, -0.2) is 0 Å².